The van der Waals surface area contributed by atoms with Crippen LogP contribution in [0.5, 0.6) is 0 Å². The van der Waals surface area contributed by atoms with Crippen molar-refractivity contribution >= 4 is 74.1 Å². The van der Waals surface area contributed by atoms with Crippen LogP contribution in [0.25, 0.3) is 16.5 Å². The number of pyridine rings is 1. The van der Waals surface area contributed by atoms with Gasteiger partial charge >= 0.3 is 30.3 Å². The van der Waals surface area contributed by atoms with Gasteiger partial charge in [-0.15, -0.1) is 0 Å². The van der Waals surface area contributed by atoms with Crippen LogP contribution in [0.2, 0.25) is 0 Å². The molecule has 1 fully saturated rings. The molecule has 3 heterocycles. The van der Waals surface area contributed by atoms with E-state index in [1.165, 1.54) is 21.6 Å². The zero-order valence-corrected chi connectivity index (χ0v) is 30.9. The predicted octanol–water partition coefficient (Wildman–Crippen LogP) is 5.61. The molecule has 0 saturated carbocycles. The van der Waals surface area contributed by atoms with Crippen LogP contribution >= 0.6 is 21.6 Å². The Bertz CT molecular complexity index is 1850. The first kappa shape index (κ1) is 38.2. The van der Waals surface area contributed by atoms with Crippen molar-refractivity contribution in [3.8, 4) is 0 Å². The molecule has 2 aliphatic carbocycles. The molecule has 2 aliphatic heterocycles. The number of nitrogens with zero attached hydrogens (tertiary/aromatic N) is 1. The third kappa shape index (κ3) is 8.98. The number of allylic oxidation sites excluding steroid dienone is 1. The van der Waals surface area contributed by atoms with Gasteiger partial charge in [0, 0.05) is 41.0 Å². The van der Waals surface area contributed by atoms with E-state index in [1.807, 2.05) is 30.3 Å². The number of para-hydroxylation sites is 1. The van der Waals surface area contributed by atoms with Gasteiger partial charge in [0.25, 0.3) is 0 Å². The Balaban J connectivity index is 0.979. The third-order valence-electron chi connectivity index (χ3n) is 9.66. The van der Waals surface area contributed by atoms with Crippen LogP contribution in [0, 0.1) is 5.92 Å². The van der Waals surface area contributed by atoms with Crippen molar-refractivity contribution in [2.75, 3.05) is 37.9 Å². The van der Waals surface area contributed by atoms with Crippen LogP contribution in [0.1, 0.15) is 63.1 Å². The maximum Gasteiger partial charge on any atom is 0.509 e. The average molecular weight is 768 g/mol. The number of benzene rings is 1. The Morgan fingerprint density at radius 3 is 2.58 bits per heavy atom. The minimum absolute atomic E-state index is 0.00663. The molecular weight excluding hydrogens is 727 g/mol. The Kier molecular flexibility index (Phi) is 12.6. The number of fused-ring (bicyclic) bond motifs is 4. The van der Waals surface area contributed by atoms with Gasteiger partial charge in [-0.05, 0) is 80.2 Å². The fraction of sp³-hybridized carbons (Fsp3) is 0.486. The Hall–Kier alpha value is -4.57. The van der Waals surface area contributed by atoms with E-state index in [4.69, 9.17) is 23.9 Å². The van der Waals surface area contributed by atoms with Gasteiger partial charge in [0.1, 0.15) is 25.9 Å². The van der Waals surface area contributed by atoms with Crippen LogP contribution in [-0.2, 0) is 44.5 Å². The van der Waals surface area contributed by atoms with E-state index >= 15 is 0 Å². The highest BCUT2D eigenvalue weighted by atomic mass is 33.1. The highest BCUT2D eigenvalue weighted by molar-refractivity contribution is 8.76. The minimum Gasteiger partial charge on any atom is -0.457 e. The number of hydrogen-bond acceptors (Lipinski definition) is 14. The number of hydrogen-bond donors (Lipinski definition) is 2. The molecule has 6 rings (SSSR count). The van der Waals surface area contributed by atoms with Crippen molar-refractivity contribution in [1.82, 2.24) is 15.6 Å². The van der Waals surface area contributed by atoms with Gasteiger partial charge < -0.3 is 34.3 Å². The first-order valence-electron chi connectivity index (χ1n) is 17.8. The first-order chi connectivity index (χ1) is 25.7. The number of alkyl carbamates (subject to hydrolysis) is 2. The molecular formula is C37H41N3O11S2. The average Bonchev–Trinajstić information content (AvgIpc) is 3.47. The largest absolute Gasteiger partial charge is 0.509 e. The number of nitrogens with one attached hydrogen (secondary N) is 2. The van der Waals surface area contributed by atoms with E-state index in [2.05, 4.69) is 21.4 Å². The van der Waals surface area contributed by atoms with Gasteiger partial charge in [-0.1, -0.05) is 46.7 Å². The number of Topliss-reactive ketones (excluding diaryl/α,β-unsaturated/α-hetero) is 1. The van der Waals surface area contributed by atoms with Gasteiger partial charge in [0.2, 0.25) is 5.60 Å². The molecule has 2 amide bonds. The van der Waals surface area contributed by atoms with Crippen LogP contribution in [0.4, 0.5) is 14.4 Å². The molecule has 1 aromatic heterocycles. The Morgan fingerprint density at radius 2 is 1.81 bits per heavy atom. The highest BCUT2D eigenvalue weighted by Gasteiger charge is 2.52. The van der Waals surface area contributed by atoms with Gasteiger partial charge in [0.15, 0.2) is 5.78 Å². The van der Waals surface area contributed by atoms with E-state index in [-0.39, 0.29) is 44.4 Å². The molecule has 1 aromatic carbocycles. The van der Waals surface area contributed by atoms with Crippen molar-refractivity contribution in [3.63, 3.8) is 0 Å². The molecule has 0 spiro atoms. The molecule has 282 valence electrons. The zero-order chi connectivity index (χ0) is 37.4. The number of carbonyl (C=O) groups excluding carboxylic acids is 6. The highest BCUT2D eigenvalue weighted by Crippen LogP contribution is 2.45. The molecule has 3 atom stereocenters. The summed E-state index contributed by atoms with van der Waals surface area (Å²) in [5.41, 5.74) is 2.52. The second kappa shape index (κ2) is 17.5. The number of rotatable bonds is 14. The van der Waals surface area contributed by atoms with Gasteiger partial charge in [-0.25, -0.2) is 29.0 Å². The summed E-state index contributed by atoms with van der Waals surface area (Å²) in [5, 5.41) is 6.10. The summed E-state index contributed by atoms with van der Waals surface area (Å²) < 4.78 is 26.2. The molecule has 16 heteroatoms. The second-order valence-corrected chi connectivity index (χ2v) is 15.6. The summed E-state index contributed by atoms with van der Waals surface area (Å²) in [7, 11) is 2.83. The molecule has 3 unspecified atom stereocenters. The van der Waals surface area contributed by atoms with Crippen LogP contribution in [-0.4, -0.2) is 90.6 Å². The maximum atomic E-state index is 13.5. The Morgan fingerprint density at radius 1 is 1.04 bits per heavy atom. The van der Waals surface area contributed by atoms with Crippen molar-refractivity contribution < 1.29 is 52.5 Å². The zero-order valence-electron chi connectivity index (χ0n) is 29.3. The number of aryl methyl sites for hydroxylation is 1. The minimum atomic E-state index is -1.86. The van der Waals surface area contributed by atoms with Crippen LogP contribution in [0.15, 0.2) is 47.6 Å². The smallest absolute Gasteiger partial charge is 0.457 e. The summed E-state index contributed by atoms with van der Waals surface area (Å²) in [6.45, 7) is 2.03. The summed E-state index contributed by atoms with van der Waals surface area (Å²) in [6.07, 6.45) is 3.74. The van der Waals surface area contributed by atoms with Crippen molar-refractivity contribution in [2.24, 2.45) is 5.92 Å². The summed E-state index contributed by atoms with van der Waals surface area (Å²) in [5.74, 6) is -0.526. The number of amides is 2. The van der Waals surface area contributed by atoms with E-state index in [0.29, 0.717) is 54.9 Å². The number of ketones is 1. The molecule has 2 N–H and O–H groups in total. The van der Waals surface area contributed by atoms with E-state index < -0.39 is 41.9 Å². The van der Waals surface area contributed by atoms with Crippen LogP contribution < -0.4 is 10.6 Å². The standard InChI is InChI=1S/C37H41N3O11S2/c1-2-37(51-36(46)48-16-18-53-52-17-15-47-34(44)38-14-6-5-9-29-32(42)50-35(45)40-29)27-20-25-22(12-13-30(41)26(27)21-49-33(37)43)10-11-24-19-23-7-3-4-8-28(23)39-31(24)25/h3-4,7-8,19-20,22,29H,2,5-6,9-18,21H2,1H3,(H,38,44)(H,40,45)/b25-20+. The molecule has 0 radical (unpaired) electrons. The fourth-order valence-electron chi connectivity index (χ4n) is 6.92. The number of ether oxygens (including phenoxy) is 5. The van der Waals surface area contributed by atoms with Gasteiger partial charge in [-0.3, -0.25) is 4.79 Å². The maximum absolute atomic E-state index is 13.5. The predicted molar refractivity (Wildman–Crippen MR) is 196 cm³/mol. The van der Waals surface area contributed by atoms with Crippen molar-refractivity contribution in [2.45, 2.75) is 69.9 Å². The number of cyclic esters (lactones) is 3. The summed E-state index contributed by atoms with van der Waals surface area (Å²) in [6, 6.07) is 9.42. The van der Waals surface area contributed by atoms with Gasteiger partial charge in [0.05, 0.1) is 11.2 Å². The molecule has 1 saturated heterocycles. The molecule has 53 heavy (non-hydrogen) atoms. The lowest BCUT2D eigenvalue weighted by atomic mass is 9.73. The van der Waals surface area contributed by atoms with Crippen molar-refractivity contribution in [3.05, 3.63) is 58.8 Å². The van der Waals surface area contributed by atoms with E-state index in [9.17, 15) is 28.8 Å². The molecule has 0 bridgehead atoms. The van der Waals surface area contributed by atoms with E-state index in [0.717, 1.165) is 40.6 Å². The lowest BCUT2D eigenvalue weighted by molar-refractivity contribution is -0.165. The lowest BCUT2D eigenvalue weighted by Crippen LogP contribution is -2.50. The quantitative estimate of drug-likeness (QED) is 0.0794. The number of unbranched alkanes of at least 4 members (excludes halogenated alkanes) is 1. The normalized spacial score (nSPS) is 23.2. The molecule has 14 nitrogen and oxygen atoms in total. The summed E-state index contributed by atoms with van der Waals surface area (Å²) >= 11 is 0. The first-order valence-corrected chi connectivity index (χ1v) is 20.2. The van der Waals surface area contributed by atoms with Gasteiger partial charge in [-0.2, -0.15) is 0 Å². The monoisotopic (exact) mass is 767 g/mol. The fourth-order valence-corrected chi connectivity index (χ4v) is 8.57. The Labute approximate surface area is 313 Å². The molecule has 4 aliphatic rings. The van der Waals surface area contributed by atoms with E-state index in [1.54, 1.807) is 6.92 Å². The number of carbonyl (C=O) groups is 6. The SMILES string of the molecule is CCC1(OC(=O)OCCSSCCOC(=O)NCCCCC2NC(=O)OC2=O)C(=O)OCC2=C1/C=C1/c3nc4ccccc4cc3CCC1CCC2=O. The number of esters is 2. The molecule has 2 aromatic rings. The summed E-state index contributed by atoms with van der Waals surface area (Å²) in [4.78, 5) is 79.4. The van der Waals surface area contributed by atoms with Crippen molar-refractivity contribution in [1.29, 1.82) is 0 Å². The number of aromatic nitrogens is 1. The third-order valence-corrected chi connectivity index (χ3v) is 12.0. The van der Waals surface area contributed by atoms with Crippen LogP contribution in [0.3, 0.4) is 0 Å². The topological polar surface area (TPSA) is 186 Å². The lowest BCUT2D eigenvalue weighted by Gasteiger charge is -2.38. The second-order valence-electron chi connectivity index (χ2n) is 12.9.